The molecule has 0 aliphatic heterocycles. The molecule has 0 fully saturated rings. The van der Waals surface area contributed by atoms with Crippen LogP contribution >= 0.6 is 0 Å². The molecule has 1 aliphatic carbocycles. The maximum absolute atomic E-state index is 10.8. The third-order valence-corrected chi connectivity index (χ3v) is 2.40. The summed E-state index contributed by atoms with van der Waals surface area (Å²) in [4.78, 5) is 10.6. The molecule has 0 amide bonds. The van der Waals surface area contributed by atoms with Gasteiger partial charge in [-0.3, -0.25) is 10.1 Å². The van der Waals surface area contributed by atoms with E-state index in [4.69, 9.17) is 0 Å². The summed E-state index contributed by atoms with van der Waals surface area (Å²) in [6, 6.07) is 0. The Balaban J connectivity index is 2.96. The molecular weight excluding hydrogens is 166 g/mol. The van der Waals surface area contributed by atoms with Crippen LogP contribution in [0.3, 0.4) is 0 Å². The summed E-state index contributed by atoms with van der Waals surface area (Å²) < 4.78 is 0. The Kier molecular flexibility index (Phi) is 2.55. The Morgan fingerprint density at radius 2 is 2.23 bits per heavy atom. The predicted molar refractivity (Wildman–Crippen MR) is 52.1 cm³/mol. The standard InChI is InChI=1S/C10H15NO2/c1-8(2)9-5-4-6-10(3,7-9)11(12)13/h4-5,7-8H,6H2,1-3H3/t10-/m1/s1. The molecular formula is C10H15NO2. The van der Waals surface area contributed by atoms with E-state index in [0.717, 1.165) is 5.57 Å². The molecule has 0 aromatic heterocycles. The van der Waals surface area contributed by atoms with Crippen LogP contribution in [0.25, 0.3) is 0 Å². The highest BCUT2D eigenvalue weighted by atomic mass is 16.6. The van der Waals surface area contributed by atoms with Crippen LogP contribution in [0, 0.1) is 16.0 Å². The van der Waals surface area contributed by atoms with Crippen molar-refractivity contribution in [1.82, 2.24) is 0 Å². The first-order chi connectivity index (χ1) is 5.96. The van der Waals surface area contributed by atoms with Crippen LogP contribution in [-0.2, 0) is 0 Å². The van der Waals surface area contributed by atoms with Gasteiger partial charge in [-0.05, 0) is 17.6 Å². The Labute approximate surface area is 78.3 Å². The summed E-state index contributed by atoms with van der Waals surface area (Å²) in [5.74, 6) is 0.357. The third-order valence-electron chi connectivity index (χ3n) is 2.40. The molecule has 1 atom stereocenters. The average Bonchev–Trinajstić information content (AvgIpc) is 2.04. The number of rotatable bonds is 2. The Hall–Kier alpha value is -1.12. The van der Waals surface area contributed by atoms with Gasteiger partial charge in [0.2, 0.25) is 5.54 Å². The second-order valence-corrected chi connectivity index (χ2v) is 4.02. The fourth-order valence-corrected chi connectivity index (χ4v) is 1.39. The summed E-state index contributed by atoms with van der Waals surface area (Å²) in [5, 5.41) is 10.8. The van der Waals surface area contributed by atoms with E-state index in [1.807, 2.05) is 26.0 Å². The van der Waals surface area contributed by atoms with Gasteiger partial charge in [0.25, 0.3) is 0 Å². The molecule has 0 spiro atoms. The number of hydrogen-bond donors (Lipinski definition) is 0. The van der Waals surface area contributed by atoms with Crippen molar-refractivity contribution in [3.63, 3.8) is 0 Å². The van der Waals surface area contributed by atoms with E-state index in [2.05, 4.69) is 0 Å². The van der Waals surface area contributed by atoms with Crippen LogP contribution < -0.4 is 0 Å². The molecule has 3 heteroatoms. The molecule has 0 N–H and O–H groups in total. The molecule has 0 saturated carbocycles. The molecule has 13 heavy (non-hydrogen) atoms. The van der Waals surface area contributed by atoms with Gasteiger partial charge in [0, 0.05) is 18.3 Å². The van der Waals surface area contributed by atoms with E-state index >= 15 is 0 Å². The van der Waals surface area contributed by atoms with E-state index < -0.39 is 5.54 Å². The summed E-state index contributed by atoms with van der Waals surface area (Å²) in [6.45, 7) is 5.75. The van der Waals surface area contributed by atoms with Crippen molar-refractivity contribution in [3.05, 3.63) is 33.9 Å². The van der Waals surface area contributed by atoms with Crippen LogP contribution in [-0.4, -0.2) is 10.5 Å². The minimum absolute atomic E-state index is 0.209. The van der Waals surface area contributed by atoms with E-state index in [1.54, 1.807) is 13.0 Å². The molecule has 0 unspecified atom stereocenters. The van der Waals surface area contributed by atoms with E-state index in [9.17, 15) is 10.1 Å². The molecule has 1 rings (SSSR count). The van der Waals surface area contributed by atoms with Gasteiger partial charge in [-0.1, -0.05) is 26.0 Å². The van der Waals surface area contributed by atoms with Crippen LogP contribution in [0.1, 0.15) is 27.2 Å². The SMILES string of the molecule is CC(C)C1=C[C@](C)([N+](=O)[O-])CC=C1. The highest BCUT2D eigenvalue weighted by molar-refractivity contribution is 5.29. The molecule has 3 nitrogen and oxygen atoms in total. The summed E-state index contributed by atoms with van der Waals surface area (Å²) in [7, 11) is 0. The van der Waals surface area contributed by atoms with Gasteiger partial charge in [0.1, 0.15) is 0 Å². The smallest absolute Gasteiger partial charge is 0.241 e. The molecule has 0 bridgehead atoms. The lowest BCUT2D eigenvalue weighted by molar-refractivity contribution is -0.549. The topological polar surface area (TPSA) is 43.1 Å². The van der Waals surface area contributed by atoms with Gasteiger partial charge in [-0.25, -0.2) is 0 Å². The fourth-order valence-electron chi connectivity index (χ4n) is 1.39. The molecule has 0 aromatic rings. The van der Waals surface area contributed by atoms with Gasteiger partial charge in [0.05, 0.1) is 0 Å². The second-order valence-electron chi connectivity index (χ2n) is 4.02. The maximum Gasteiger partial charge on any atom is 0.241 e. The zero-order valence-corrected chi connectivity index (χ0v) is 8.28. The highest BCUT2D eigenvalue weighted by Crippen LogP contribution is 2.27. The van der Waals surface area contributed by atoms with Crippen molar-refractivity contribution >= 4 is 0 Å². The van der Waals surface area contributed by atoms with Gasteiger partial charge >= 0.3 is 0 Å². The summed E-state index contributed by atoms with van der Waals surface area (Å²) in [6.07, 6.45) is 6.14. The molecule has 0 aromatic carbocycles. The Bertz CT molecular complexity index is 279. The Morgan fingerprint density at radius 1 is 1.62 bits per heavy atom. The number of allylic oxidation sites excluding steroid dienone is 2. The van der Waals surface area contributed by atoms with Crippen molar-refractivity contribution in [2.75, 3.05) is 0 Å². The first kappa shape index (κ1) is 9.96. The quantitative estimate of drug-likeness (QED) is 0.485. The predicted octanol–water partition coefficient (Wildman–Crippen LogP) is 2.56. The molecule has 0 heterocycles. The lowest BCUT2D eigenvalue weighted by Gasteiger charge is -2.21. The van der Waals surface area contributed by atoms with E-state index in [-0.39, 0.29) is 4.92 Å². The minimum atomic E-state index is -0.894. The van der Waals surface area contributed by atoms with Crippen molar-refractivity contribution in [2.45, 2.75) is 32.7 Å². The largest absolute Gasteiger partial charge is 0.264 e. The number of nitrogens with zero attached hydrogens (tertiary/aromatic N) is 1. The first-order valence-corrected chi connectivity index (χ1v) is 4.49. The van der Waals surface area contributed by atoms with Crippen molar-refractivity contribution in [3.8, 4) is 0 Å². The van der Waals surface area contributed by atoms with E-state index in [1.165, 1.54) is 0 Å². The van der Waals surface area contributed by atoms with Crippen molar-refractivity contribution in [1.29, 1.82) is 0 Å². The van der Waals surface area contributed by atoms with Gasteiger partial charge in [-0.15, -0.1) is 0 Å². The molecule has 72 valence electrons. The van der Waals surface area contributed by atoms with Gasteiger partial charge < -0.3 is 0 Å². The summed E-state index contributed by atoms with van der Waals surface area (Å²) >= 11 is 0. The third kappa shape index (κ3) is 1.97. The normalized spacial score (nSPS) is 27.5. The second kappa shape index (κ2) is 3.32. The first-order valence-electron chi connectivity index (χ1n) is 4.49. The monoisotopic (exact) mass is 181 g/mol. The average molecular weight is 181 g/mol. The zero-order chi connectivity index (χ0) is 10.1. The van der Waals surface area contributed by atoms with Crippen LogP contribution in [0.2, 0.25) is 0 Å². The lowest BCUT2D eigenvalue weighted by atomic mass is 9.87. The molecule has 1 aliphatic rings. The lowest BCUT2D eigenvalue weighted by Crippen LogP contribution is -2.33. The fraction of sp³-hybridized carbons (Fsp3) is 0.600. The Morgan fingerprint density at radius 3 is 2.69 bits per heavy atom. The van der Waals surface area contributed by atoms with Gasteiger partial charge in [0.15, 0.2) is 0 Å². The van der Waals surface area contributed by atoms with Gasteiger partial charge in [-0.2, -0.15) is 0 Å². The van der Waals surface area contributed by atoms with E-state index in [0.29, 0.717) is 12.3 Å². The highest BCUT2D eigenvalue weighted by Gasteiger charge is 2.35. The summed E-state index contributed by atoms with van der Waals surface area (Å²) in [5.41, 5.74) is 0.166. The zero-order valence-electron chi connectivity index (χ0n) is 8.28. The van der Waals surface area contributed by atoms with Crippen LogP contribution in [0.5, 0.6) is 0 Å². The number of hydrogen-bond acceptors (Lipinski definition) is 2. The van der Waals surface area contributed by atoms with Crippen molar-refractivity contribution < 1.29 is 4.92 Å². The number of nitro groups is 1. The minimum Gasteiger partial charge on any atom is -0.264 e. The van der Waals surface area contributed by atoms with Crippen molar-refractivity contribution in [2.24, 2.45) is 5.92 Å². The van der Waals surface area contributed by atoms with Crippen LogP contribution in [0.15, 0.2) is 23.8 Å². The molecule has 0 radical (unpaired) electrons. The molecule has 0 saturated heterocycles. The van der Waals surface area contributed by atoms with Crippen LogP contribution in [0.4, 0.5) is 0 Å². The maximum atomic E-state index is 10.8.